The molecule has 1 N–H and O–H groups in total. The van der Waals surface area contributed by atoms with Gasteiger partial charge in [0, 0.05) is 37.4 Å². The zero-order chi connectivity index (χ0) is 23.9. The Hall–Kier alpha value is -3.65. The third-order valence-electron chi connectivity index (χ3n) is 5.72. The molecule has 34 heavy (non-hydrogen) atoms. The second-order valence-electron chi connectivity index (χ2n) is 8.30. The monoisotopic (exact) mass is 461 g/mol. The Morgan fingerprint density at radius 1 is 1.00 bits per heavy atom. The maximum atomic E-state index is 12.7. The van der Waals surface area contributed by atoms with Crippen LogP contribution in [-0.4, -0.2) is 66.9 Å². The van der Waals surface area contributed by atoms with Crippen LogP contribution in [0.1, 0.15) is 13.8 Å². The number of carbonyl (C=O) groups is 1. The lowest BCUT2D eigenvalue weighted by atomic mass is 10.1. The maximum absolute atomic E-state index is 12.7. The molecule has 1 amide bonds. The molecule has 2 aromatic carbocycles. The number of carbonyl (C=O) groups excluding carboxylic acids is 1. The summed E-state index contributed by atoms with van der Waals surface area (Å²) in [4.78, 5) is 17.2. The first kappa shape index (κ1) is 23.5. The van der Waals surface area contributed by atoms with Crippen molar-refractivity contribution in [2.45, 2.75) is 20.0 Å². The standard InChI is InChI=1S/C26H31N5O3/c1-4-33-22-8-10-23(11-9-22)34-19(2)26(32)27-21-7-5-6-20(18-21)24-12-13-25(29-28-24)31-16-14-30(3)15-17-31/h5-13,18-19H,4,14-17H2,1-3H3,(H,27,32). The highest BCUT2D eigenvalue weighted by atomic mass is 16.5. The summed E-state index contributed by atoms with van der Waals surface area (Å²) in [5.41, 5.74) is 2.32. The van der Waals surface area contributed by atoms with Crippen molar-refractivity contribution >= 4 is 17.4 Å². The van der Waals surface area contributed by atoms with E-state index in [1.807, 2.05) is 55.5 Å². The number of nitrogens with one attached hydrogen (secondary N) is 1. The van der Waals surface area contributed by atoms with Crippen LogP contribution in [0.5, 0.6) is 11.5 Å². The lowest BCUT2D eigenvalue weighted by Gasteiger charge is -2.32. The number of likely N-dealkylation sites (N-methyl/N-ethyl adjacent to an activating group) is 1. The van der Waals surface area contributed by atoms with Crippen molar-refractivity contribution in [3.63, 3.8) is 0 Å². The Balaban J connectivity index is 1.36. The molecule has 0 radical (unpaired) electrons. The van der Waals surface area contributed by atoms with E-state index in [-0.39, 0.29) is 5.91 Å². The molecule has 178 valence electrons. The van der Waals surface area contributed by atoms with E-state index in [2.05, 4.69) is 32.4 Å². The average molecular weight is 462 g/mol. The van der Waals surface area contributed by atoms with Crippen molar-refractivity contribution in [3.8, 4) is 22.8 Å². The van der Waals surface area contributed by atoms with Gasteiger partial charge < -0.3 is 24.6 Å². The van der Waals surface area contributed by atoms with Crippen LogP contribution in [0.2, 0.25) is 0 Å². The summed E-state index contributed by atoms with van der Waals surface area (Å²) in [6.45, 7) is 8.19. The zero-order valence-electron chi connectivity index (χ0n) is 19.9. The zero-order valence-corrected chi connectivity index (χ0v) is 19.9. The third kappa shape index (κ3) is 6.02. The van der Waals surface area contributed by atoms with Crippen molar-refractivity contribution in [2.24, 2.45) is 0 Å². The summed E-state index contributed by atoms with van der Waals surface area (Å²) in [5.74, 6) is 2.03. The molecule has 1 aliphatic rings. The molecular formula is C26H31N5O3. The summed E-state index contributed by atoms with van der Waals surface area (Å²) < 4.78 is 11.2. The predicted octanol–water partition coefficient (Wildman–Crippen LogP) is 3.70. The number of benzene rings is 2. The minimum atomic E-state index is -0.663. The second-order valence-corrected chi connectivity index (χ2v) is 8.30. The number of ether oxygens (including phenoxy) is 2. The van der Waals surface area contributed by atoms with E-state index in [9.17, 15) is 4.79 Å². The van der Waals surface area contributed by atoms with Crippen molar-refractivity contribution in [1.29, 1.82) is 0 Å². The number of hydrogen-bond acceptors (Lipinski definition) is 7. The lowest BCUT2D eigenvalue weighted by Crippen LogP contribution is -2.44. The molecule has 0 aliphatic carbocycles. The Kier molecular flexibility index (Phi) is 7.59. The minimum absolute atomic E-state index is 0.234. The first-order chi connectivity index (χ1) is 16.5. The van der Waals surface area contributed by atoms with E-state index < -0.39 is 6.10 Å². The van der Waals surface area contributed by atoms with E-state index in [1.54, 1.807) is 19.1 Å². The summed E-state index contributed by atoms with van der Waals surface area (Å²) in [5, 5.41) is 11.8. The number of amides is 1. The van der Waals surface area contributed by atoms with Crippen LogP contribution < -0.4 is 19.7 Å². The molecular weight excluding hydrogens is 430 g/mol. The van der Waals surface area contributed by atoms with E-state index in [0.29, 0.717) is 18.0 Å². The number of piperazine rings is 1. The highest BCUT2D eigenvalue weighted by molar-refractivity contribution is 5.94. The molecule has 8 heteroatoms. The van der Waals surface area contributed by atoms with Gasteiger partial charge in [0.1, 0.15) is 11.5 Å². The topological polar surface area (TPSA) is 79.8 Å². The fraction of sp³-hybridized carbons (Fsp3) is 0.346. The number of aromatic nitrogens is 2. The van der Waals surface area contributed by atoms with Gasteiger partial charge in [0.05, 0.1) is 12.3 Å². The normalized spacial score (nSPS) is 15.0. The predicted molar refractivity (Wildman–Crippen MR) is 134 cm³/mol. The fourth-order valence-corrected chi connectivity index (χ4v) is 3.72. The minimum Gasteiger partial charge on any atom is -0.494 e. The Morgan fingerprint density at radius 3 is 2.41 bits per heavy atom. The number of nitrogens with zero attached hydrogens (tertiary/aromatic N) is 4. The Labute approximate surface area is 200 Å². The van der Waals surface area contributed by atoms with Gasteiger partial charge in [0.25, 0.3) is 5.91 Å². The van der Waals surface area contributed by atoms with Crippen LogP contribution >= 0.6 is 0 Å². The van der Waals surface area contributed by atoms with Gasteiger partial charge in [-0.3, -0.25) is 4.79 Å². The van der Waals surface area contributed by atoms with Gasteiger partial charge >= 0.3 is 0 Å². The van der Waals surface area contributed by atoms with Crippen LogP contribution in [0.4, 0.5) is 11.5 Å². The van der Waals surface area contributed by atoms with Crippen molar-refractivity contribution in [3.05, 3.63) is 60.7 Å². The average Bonchev–Trinajstić information content (AvgIpc) is 2.86. The van der Waals surface area contributed by atoms with Gasteiger partial charge in [-0.15, -0.1) is 10.2 Å². The van der Waals surface area contributed by atoms with Crippen LogP contribution in [0, 0.1) is 0 Å². The Morgan fingerprint density at radius 2 is 1.74 bits per heavy atom. The van der Waals surface area contributed by atoms with Crippen molar-refractivity contribution in [2.75, 3.05) is 50.1 Å². The van der Waals surface area contributed by atoms with Gasteiger partial charge in [0.15, 0.2) is 11.9 Å². The summed E-state index contributed by atoms with van der Waals surface area (Å²) in [6, 6.07) is 18.8. The third-order valence-corrected chi connectivity index (χ3v) is 5.72. The van der Waals surface area contributed by atoms with Gasteiger partial charge in [-0.05, 0) is 69.4 Å². The molecule has 1 unspecified atom stereocenters. The molecule has 1 fully saturated rings. The Bertz CT molecular complexity index is 1080. The first-order valence-electron chi connectivity index (χ1n) is 11.6. The molecule has 1 aliphatic heterocycles. The van der Waals surface area contributed by atoms with Crippen molar-refractivity contribution in [1.82, 2.24) is 15.1 Å². The molecule has 1 saturated heterocycles. The number of anilines is 2. The van der Waals surface area contributed by atoms with Gasteiger partial charge in [0.2, 0.25) is 0 Å². The maximum Gasteiger partial charge on any atom is 0.265 e. The van der Waals surface area contributed by atoms with E-state index in [4.69, 9.17) is 9.47 Å². The van der Waals surface area contributed by atoms with E-state index in [1.165, 1.54) is 0 Å². The quantitative estimate of drug-likeness (QED) is 0.548. The molecule has 8 nitrogen and oxygen atoms in total. The van der Waals surface area contributed by atoms with Gasteiger partial charge in [-0.2, -0.15) is 0 Å². The van der Waals surface area contributed by atoms with Gasteiger partial charge in [-0.25, -0.2) is 0 Å². The van der Waals surface area contributed by atoms with E-state index in [0.717, 1.165) is 49.0 Å². The van der Waals surface area contributed by atoms with Gasteiger partial charge in [-0.1, -0.05) is 12.1 Å². The lowest BCUT2D eigenvalue weighted by molar-refractivity contribution is -0.122. The largest absolute Gasteiger partial charge is 0.494 e. The molecule has 0 spiro atoms. The summed E-state index contributed by atoms with van der Waals surface area (Å²) >= 11 is 0. The molecule has 3 aromatic rings. The second kappa shape index (κ2) is 11.0. The molecule has 0 saturated carbocycles. The highest BCUT2D eigenvalue weighted by Gasteiger charge is 2.17. The highest BCUT2D eigenvalue weighted by Crippen LogP contribution is 2.23. The fourth-order valence-electron chi connectivity index (χ4n) is 3.72. The SMILES string of the molecule is CCOc1ccc(OC(C)C(=O)Nc2cccc(-c3ccc(N4CCN(C)CC4)nn3)c2)cc1. The molecule has 1 aromatic heterocycles. The smallest absolute Gasteiger partial charge is 0.265 e. The van der Waals surface area contributed by atoms with Crippen molar-refractivity contribution < 1.29 is 14.3 Å². The summed E-state index contributed by atoms with van der Waals surface area (Å²) in [6.07, 6.45) is -0.663. The molecule has 2 heterocycles. The number of hydrogen-bond donors (Lipinski definition) is 1. The van der Waals surface area contributed by atoms with Crippen LogP contribution in [0.3, 0.4) is 0 Å². The molecule has 4 rings (SSSR count). The van der Waals surface area contributed by atoms with Crippen LogP contribution in [0.25, 0.3) is 11.3 Å². The first-order valence-corrected chi connectivity index (χ1v) is 11.6. The summed E-state index contributed by atoms with van der Waals surface area (Å²) in [7, 11) is 2.13. The number of rotatable bonds is 8. The molecule has 0 bridgehead atoms. The van der Waals surface area contributed by atoms with Crippen LogP contribution in [-0.2, 0) is 4.79 Å². The van der Waals surface area contributed by atoms with Crippen LogP contribution in [0.15, 0.2) is 60.7 Å². The molecule has 1 atom stereocenters. The van der Waals surface area contributed by atoms with E-state index >= 15 is 0 Å².